The van der Waals surface area contributed by atoms with Gasteiger partial charge in [-0.2, -0.15) is 4.31 Å². The molecule has 0 saturated carbocycles. The third-order valence-corrected chi connectivity index (χ3v) is 7.13. The van der Waals surface area contributed by atoms with Gasteiger partial charge in [0.1, 0.15) is 15.7 Å². The highest BCUT2D eigenvalue weighted by Gasteiger charge is 2.31. The monoisotopic (exact) mass is 400 g/mol. The lowest BCUT2D eigenvalue weighted by Crippen LogP contribution is -2.48. The van der Waals surface area contributed by atoms with E-state index in [0.717, 1.165) is 5.69 Å². The number of hydrogen-bond donors (Lipinski definition) is 0. The molecule has 0 spiro atoms. The summed E-state index contributed by atoms with van der Waals surface area (Å²) in [4.78, 5) is 2.17. The molecule has 2 aromatic carbocycles. The smallest absolute Gasteiger partial charge is 0.244 e. The summed E-state index contributed by atoms with van der Waals surface area (Å²) in [6.45, 7) is 2.00. The summed E-state index contributed by atoms with van der Waals surface area (Å²) >= 11 is 12.3. The Morgan fingerprint density at radius 2 is 1.56 bits per heavy atom. The van der Waals surface area contributed by atoms with Crippen molar-refractivity contribution in [3.05, 3.63) is 52.5 Å². The number of para-hydroxylation sites is 1. The number of nitrogens with zero attached hydrogens (tertiary/aromatic N) is 2. The molecule has 0 bridgehead atoms. The van der Waals surface area contributed by atoms with Gasteiger partial charge in [0.05, 0.1) is 12.1 Å². The average molecular weight is 401 g/mol. The number of methoxy groups -OCH3 is 1. The van der Waals surface area contributed by atoms with E-state index in [1.807, 2.05) is 30.3 Å². The van der Waals surface area contributed by atoms with E-state index in [1.165, 1.54) is 23.5 Å². The van der Waals surface area contributed by atoms with E-state index < -0.39 is 10.0 Å². The van der Waals surface area contributed by atoms with Crippen LogP contribution in [0.4, 0.5) is 5.69 Å². The Morgan fingerprint density at radius 3 is 2.16 bits per heavy atom. The van der Waals surface area contributed by atoms with Crippen LogP contribution >= 0.6 is 23.2 Å². The van der Waals surface area contributed by atoms with Crippen molar-refractivity contribution in [2.75, 3.05) is 38.2 Å². The fourth-order valence-corrected chi connectivity index (χ4v) is 5.07. The maximum Gasteiger partial charge on any atom is 0.244 e. The van der Waals surface area contributed by atoms with Crippen LogP contribution in [0.5, 0.6) is 5.75 Å². The number of sulfonamides is 1. The zero-order chi connectivity index (χ0) is 18.0. The number of halogens is 2. The van der Waals surface area contributed by atoms with Crippen molar-refractivity contribution < 1.29 is 13.2 Å². The second kappa shape index (κ2) is 7.41. The van der Waals surface area contributed by atoms with Gasteiger partial charge in [0.15, 0.2) is 0 Å². The van der Waals surface area contributed by atoms with Crippen LogP contribution in [0.2, 0.25) is 10.0 Å². The number of piperazine rings is 1. The summed E-state index contributed by atoms with van der Waals surface area (Å²) in [5.41, 5.74) is 1.09. The first kappa shape index (κ1) is 18.3. The van der Waals surface area contributed by atoms with E-state index in [-0.39, 0.29) is 14.9 Å². The van der Waals surface area contributed by atoms with Crippen LogP contribution in [0.1, 0.15) is 0 Å². The van der Waals surface area contributed by atoms with Crippen molar-refractivity contribution >= 4 is 38.9 Å². The molecule has 8 heteroatoms. The van der Waals surface area contributed by atoms with Gasteiger partial charge in [-0.3, -0.25) is 0 Å². The number of anilines is 1. The van der Waals surface area contributed by atoms with E-state index in [1.54, 1.807) is 0 Å². The molecule has 1 heterocycles. The zero-order valence-electron chi connectivity index (χ0n) is 13.7. The summed E-state index contributed by atoms with van der Waals surface area (Å²) in [6, 6.07) is 12.9. The molecule has 0 unspecified atom stereocenters. The summed E-state index contributed by atoms with van der Waals surface area (Å²) in [5.74, 6) is 0.347. The summed E-state index contributed by atoms with van der Waals surface area (Å²) in [5, 5.41) is 0.0969. The summed E-state index contributed by atoms with van der Waals surface area (Å²) in [6.07, 6.45) is 0. The third-order valence-electron chi connectivity index (χ3n) is 4.21. The minimum atomic E-state index is -3.71. The minimum Gasteiger partial charge on any atom is -0.495 e. The normalized spacial score (nSPS) is 16.0. The summed E-state index contributed by atoms with van der Waals surface area (Å²) < 4.78 is 32.4. The molecule has 0 aliphatic carbocycles. The van der Waals surface area contributed by atoms with Gasteiger partial charge in [-0.15, -0.1) is 0 Å². The fraction of sp³-hybridized carbons (Fsp3) is 0.294. The number of rotatable bonds is 4. The van der Waals surface area contributed by atoms with Gasteiger partial charge in [0.25, 0.3) is 0 Å². The first-order valence-corrected chi connectivity index (χ1v) is 9.97. The lowest BCUT2D eigenvalue weighted by molar-refractivity contribution is 0.384. The first-order chi connectivity index (χ1) is 11.9. The van der Waals surface area contributed by atoms with Crippen LogP contribution in [-0.4, -0.2) is 46.0 Å². The van der Waals surface area contributed by atoms with Gasteiger partial charge in [0, 0.05) is 31.9 Å². The molecular formula is C17H18Cl2N2O3S. The van der Waals surface area contributed by atoms with Gasteiger partial charge in [0.2, 0.25) is 10.0 Å². The first-order valence-electron chi connectivity index (χ1n) is 7.77. The topological polar surface area (TPSA) is 49.9 Å². The van der Waals surface area contributed by atoms with Gasteiger partial charge in [-0.25, -0.2) is 8.42 Å². The summed E-state index contributed by atoms with van der Waals surface area (Å²) in [7, 11) is -2.26. The Labute approximate surface area is 157 Å². The van der Waals surface area contributed by atoms with Crippen LogP contribution in [-0.2, 0) is 10.0 Å². The predicted octanol–water partition coefficient (Wildman–Crippen LogP) is 3.51. The Bertz CT molecular complexity index is 852. The van der Waals surface area contributed by atoms with E-state index in [2.05, 4.69) is 4.90 Å². The van der Waals surface area contributed by atoms with Crippen LogP contribution in [0.25, 0.3) is 0 Å². The zero-order valence-corrected chi connectivity index (χ0v) is 16.0. The van der Waals surface area contributed by atoms with Crippen molar-refractivity contribution in [1.82, 2.24) is 4.31 Å². The second-order valence-electron chi connectivity index (χ2n) is 5.62. The molecule has 25 heavy (non-hydrogen) atoms. The van der Waals surface area contributed by atoms with Gasteiger partial charge in [-0.05, 0) is 24.3 Å². The molecule has 0 aromatic heterocycles. The van der Waals surface area contributed by atoms with Gasteiger partial charge < -0.3 is 9.64 Å². The highest BCUT2D eigenvalue weighted by atomic mass is 35.5. The average Bonchev–Trinajstić information content (AvgIpc) is 2.64. The largest absolute Gasteiger partial charge is 0.495 e. The third kappa shape index (κ3) is 3.58. The Hall–Kier alpha value is -1.47. The highest BCUT2D eigenvalue weighted by Crippen LogP contribution is 2.37. The molecule has 1 saturated heterocycles. The van der Waals surface area contributed by atoms with E-state index in [0.29, 0.717) is 31.9 Å². The van der Waals surface area contributed by atoms with Gasteiger partial charge in [-0.1, -0.05) is 41.4 Å². The van der Waals surface area contributed by atoms with E-state index in [9.17, 15) is 8.42 Å². The van der Waals surface area contributed by atoms with Crippen LogP contribution in [0.15, 0.2) is 47.4 Å². The molecule has 0 radical (unpaired) electrons. The van der Waals surface area contributed by atoms with Crippen molar-refractivity contribution in [3.8, 4) is 5.75 Å². The lowest BCUT2D eigenvalue weighted by atomic mass is 10.2. The molecular weight excluding hydrogens is 383 g/mol. The fourth-order valence-electron chi connectivity index (χ4n) is 2.84. The Morgan fingerprint density at radius 1 is 0.920 bits per heavy atom. The van der Waals surface area contributed by atoms with E-state index >= 15 is 0 Å². The molecule has 5 nitrogen and oxygen atoms in total. The quantitative estimate of drug-likeness (QED) is 0.787. The molecule has 3 rings (SSSR count). The van der Waals surface area contributed by atoms with Crippen LogP contribution < -0.4 is 9.64 Å². The number of hydrogen-bond acceptors (Lipinski definition) is 4. The van der Waals surface area contributed by atoms with E-state index in [4.69, 9.17) is 27.9 Å². The molecule has 1 aliphatic rings. The van der Waals surface area contributed by atoms with Crippen molar-refractivity contribution in [1.29, 1.82) is 0 Å². The molecule has 2 aromatic rings. The van der Waals surface area contributed by atoms with Crippen molar-refractivity contribution in [3.63, 3.8) is 0 Å². The standard InChI is InChI=1S/C17H18Cl2N2O3S/c1-24-14-7-8-15(17(19)16(14)18)25(22,23)21-11-9-20(10-12-21)13-5-3-2-4-6-13/h2-8H,9-12H2,1H3. The Kier molecular flexibility index (Phi) is 5.43. The molecule has 1 aliphatic heterocycles. The molecule has 0 atom stereocenters. The second-order valence-corrected chi connectivity index (χ2v) is 8.28. The van der Waals surface area contributed by atoms with Gasteiger partial charge >= 0.3 is 0 Å². The molecule has 0 amide bonds. The van der Waals surface area contributed by atoms with Crippen molar-refractivity contribution in [2.45, 2.75) is 4.90 Å². The minimum absolute atomic E-state index is 0.00753. The molecule has 134 valence electrons. The maximum absolute atomic E-state index is 12.9. The maximum atomic E-state index is 12.9. The van der Waals surface area contributed by atoms with Crippen LogP contribution in [0.3, 0.4) is 0 Å². The SMILES string of the molecule is COc1ccc(S(=O)(=O)N2CCN(c3ccccc3)CC2)c(Cl)c1Cl. The number of benzene rings is 2. The highest BCUT2D eigenvalue weighted by molar-refractivity contribution is 7.89. The molecule has 0 N–H and O–H groups in total. The number of ether oxygens (including phenoxy) is 1. The molecule has 1 fully saturated rings. The lowest BCUT2D eigenvalue weighted by Gasteiger charge is -2.35. The van der Waals surface area contributed by atoms with Crippen LogP contribution in [0, 0.1) is 0 Å². The predicted molar refractivity (Wildman–Crippen MR) is 100 cm³/mol. The van der Waals surface area contributed by atoms with Crippen molar-refractivity contribution in [2.24, 2.45) is 0 Å². The Balaban J connectivity index is 1.80.